The van der Waals surface area contributed by atoms with Gasteiger partial charge in [0.25, 0.3) is 5.91 Å². The average Bonchev–Trinajstić information content (AvgIpc) is 2.80. The van der Waals surface area contributed by atoms with E-state index in [4.69, 9.17) is 0 Å². The van der Waals surface area contributed by atoms with E-state index in [2.05, 4.69) is 5.32 Å². The molecule has 1 atom stereocenters. The van der Waals surface area contributed by atoms with Crippen LogP contribution in [-0.4, -0.2) is 19.0 Å². The zero-order chi connectivity index (χ0) is 20.1. The predicted octanol–water partition coefficient (Wildman–Crippen LogP) is 5.85. The van der Waals surface area contributed by atoms with Gasteiger partial charge in [0.1, 0.15) is 0 Å². The molecule has 0 aromatic heterocycles. The molecule has 0 saturated carbocycles. The summed E-state index contributed by atoms with van der Waals surface area (Å²) < 4.78 is 14.7. The van der Waals surface area contributed by atoms with Crippen LogP contribution >= 0.6 is 12.4 Å². The Kier molecular flexibility index (Phi) is 7.61. The smallest absolute Gasteiger partial charge is 0.286 e. The first-order chi connectivity index (χ1) is 14.2. The quantitative estimate of drug-likeness (QED) is 0.521. The van der Waals surface area contributed by atoms with Crippen molar-refractivity contribution in [3.8, 4) is 11.1 Å². The molecule has 3 aromatic rings. The van der Waals surface area contributed by atoms with Gasteiger partial charge in [0.05, 0.1) is 5.69 Å². The third kappa shape index (κ3) is 5.26. The molecule has 30 heavy (non-hydrogen) atoms. The number of hydrogen-bond donors (Lipinski definition) is 1. The summed E-state index contributed by atoms with van der Waals surface area (Å²) in [6, 6.07) is 24.1. The summed E-state index contributed by atoms with van der Waals surface area (Å²) in [7, 11) is 0. The lowest BCUT2D eigenvalue weighted by molar-refractivity contribution is 0.0931. The number of piperidine rings is 1. The molecular weight excluding hydrogens is 399 g/mol. The second kappa shape index (κ2) is 10.4. The number of nitrogens with one attached hydrogen (secondary N) is 1. The number of carbonyl (C=O) groups is 1. The highest BCUT2D eigenvalue weighted by molar-refractivity contribution is 6.04. The summed E-state index contributed by atoms with van der Waals surface area (Å²) in [5.74, 6) is -0.0327. The first kappa shape index (κ1) is 22.0. The van der Waals surface area contributed by atoms with Crippen molar-refractivity contribution < 1.29 is 9.28 Å². The number of carbonyl (C=O) groups excluding carboxylic acids is 1. The molecule has 1 saturated heterocycles. The minimum atomic E-state index is -0.658. The summed E-state index contributed by atoms with van der Waals surface area (Å²) in [6.45, 7) is 2.13. The zero-order valence-corrected chi connectivity index (χ0v) is 17.6. The summed E-state index contributed by atoms with van der Waals surface area (Å²) in [5, 5.41) is 3.64. The van der Waals surface area contributed by atoms with Crippen molar-refractivity contribution in [1.29, 1.82) is 0 Å². The van der Waals surface area contributed by atoms with E-state index in [0.29, 0.717) is 11.5 Å². The van der Waals surface area contributed by atoms with Crippen molar-refractivity contribution in [1.82, 2.24) is 5.32 Å². The number of benzene rings is 3. The van der Waals surface area contributed by atoms with E-state index in [-0.39, 0.29) is 23.2 Å². The van der Waals surface area contributed by atoms with Gasteiger partial charge in [0.15, 0.2) is 0 Å². The lowest BCUT2D eigenvalue weighted by atomic mass is 9.92. The molecule has 0 bridgehead atoms. The largest absolute Gasteiger partial charge is 0.316 e. The summed E-state index contributed by atoms with van der Waals surface area (Å²) >= 11 is 0. The maximum atomic E-state index is 14.7. The predicted molar refractivity (Wildman–Crippen MR) is 123 cm³/mol. The second-order valence-electron chi connectivity index (χ2n) is 7.61. The topological polar surface area (TPSA) is 32.3 Å². The van der Waals surface area contributed by atoms with E-state index in [0.717, 1.165) is 30.6 Å². The Labute approximate surface area is 183 Å². The van der Waals surface area contributed by atoms with Crippen LogP contribution < -0.4 is 10.4 Å². The number of rotatable bonds is 5. The van der Waals surface area contributed by atoms with E-state index in [1.165, 1.54) is 18.4 Å². The molecule has 4 rings (SSSR count). The highest BCUT2D eigenvalue weighted by atomic mass is 35.5. The van der Waals surface area contributed by atoms with Crippen molar-refractivity contribution in [3.63, 3.8) is 0 Å². The molecule has 1 unspecified atom stereocenters. The molecule has 5 heteroatoms. The molecule has 0 spiro atoms. The molecule has 1 N–H and O–H groups in total. The van der Waals surface area contributed by atoms with Gasteiger partial charge in [-0.2, -0.15) is 0 Å². The molecule has 3 aromatic carbocycles. The fraction of sp³-hybridized carbons (Fsp3) is 0.240. The van der Waals surface area contributed by atoms with Crippen LogP contribution in [0.5, 0.6) is 0 Å². The Balaban J connectivity index is 0.00000256. The van der Waals surface area contributed by atoms with Gasteiger partial charge < -0.3 is 5.32 Å². The molecule has 1 fully saturated rings. The number of amides is 1. The van der Waals surface area contributed by atoms with E-state index >= 15 is 0 Å². The average molecular weight is 425 g/mol. The van der Waals surface area contributed by atoms with Gasteiger partial charge in [0, 0.05) is 5.56 Å². The van der Waals surface area contributed by atoms with Crippen LogP contribution in [0.1, 0.15) is 28.8 Å². The van der Waals surface area contributed by atoms with Gasteiger partial charge in [-0.1, -0.05) is 59.1 Å². The molecular formula is C25H26ClFN2O. The summed E-state index contributed by atoms with van der Waals surface area (Å²) in [6.07, 6.45) is 3.41. The maximum Gasteiger partial charge on any atom is 0.286 e. The Morgan fingerprint density at radius 3 is 2.23 bits per heavy atom. The zero-order valence-electron chi connectivity index (χ0n) is 16.8. The fourth-order valence-corrected chi connectivity index (χ4v) is 3.86. The summed E-state index contributed by atoms with van der Waals surface area (Å²) in [5.41, 5.74) is 3.81. The molecule has 0 radical (unpaired) electrons. The molecule has 1 heterocycles. The minimum absolute atomic E-state index is 0. The van der Waals surface area contributed by atoms with Gasteiger partial charge in [-0.05, 0) is 79.2 Å². The van der Waals surface area contributed by atoms with Gasteiger partial charge in [-0.3, -0.25) is 4.79 Å². The number of hydrogen-bond acceptors (Lipinski definition) is 2. The number of nitrogens with zero attached hydrogens (tertiary/aromatic N) is 1. The van der Waals surface area contributed by atoms with Crippen molar-refractivity contribution >= 4 is 24.0 Å². The third-order valence-corrected chi connectivity index (χ3v) is 5.50. The van der Waals surface area contributed by atoms with Gasteiger partial charge in [0.2, 0.25) is 0 Å². The van der Waals surface area contributed by atoms with Crippen molar-refractivity contribution in [2.45, 2.75) is 19.3 Å². The molecule has 1 amide bonds. The van der Waals surface area contributed by atoms with Crippen LogP contribution in [0.15, 0.2) is 78.9 Å². The van der Waals surface area contributed by atoms with E-state index in [1.54, 1.807) is 24.3 Å². The van der Waals surface area contributed by atoms with Gasteiger partial charge in [-0.15, -0.1) is 17.5 Å². The lowest BCUT2D eigenvalue weighted by Gasteiger charge is -2.22. The van der Waals surface area contributed by atoms with Gasteiger partial charge >= 0.3 is 0 Å². The van der Waals surface area contributed by atoms with Crippen LogP contribution in [0.4, 0.5) is 10.2 Å². The van der Waals surface area contributed by atoms with Crippen molar-refractivity contribution in [2.75, 3.05) is 18.2 Å². The second-order valence-corrected chi connectivity index (χ2v) is 7.61. The highest BCUT2D eigenvalue weighted by Crippen LogP contribution is 2.24. The highest BCUT2D eigenvalue weighted by Gasteiger charge is 2.18. The van der Waals surface area contributed by atoms with Crippen LogP contribution in [0.3, 0.4) is 0 Å². The first-order valence-corrected chi connectivity index (χ1v) is 10.2. The molecule has 3 nitrogen and oxygen atoms in total. The van der Waals surface area contributed by atoms with Crippen LogP contribution in [0, 0.1) is 5.92 Å². The fourth-order valence-electron chi connectivity index (χ4n) is 3.86. The minimum Gasteiger partial charge on any atom is -0.316 e. The first-order valence-electron chi connectivity index (χ1n) is 10.2. The van der Waals surface area contributed by atoms with E-state index in [1.807, 2.05) is 54.6 Å². The normalized spacial score (nSPS) is 15.8. The van der Waals surface area contributed by atoms with Crippen molar-refractivity contribution in [2.24, 2.45) is 5.92 Å². The SMILES string of the molecule is Cl.O=C(c1ccc(-c2ccccc2)cc1)N(F)c1ccc(CC2CCCNC2)cc1. The molecule has 156 valence electrons. The summed E-state index contributed by atoms with van der Waals surface area (Å²) in [4.78, 5) is 12.5. The molecule has 1 aliphatic rings. The Morgan fingerprint density at radius 2 is 1.60 bits per heavy atom. The molecule has 0 aliphatic carbocycles. The van der Waals surface area contributed by atoms with Gasteiger partial charge in [-0.25, -0.2) is 0 Å². The lowest BCUT2D eigenvalue weighted by Crippen LogP contribution is -2.30. The molecule has 1 aliphatic heterocycles. The Hall–Kier alpha value is -2.69. The number of halogens is 2. The Morgan fingerprint density at radius 1 is 0.933 bits per heavy atom. The van der Waals surface area contributed by atoms with Crippen LogP contribution in [0.25, 0.3) is 11.1 Å². The monoisotopic (exact) mass is 424 g/mol. The van der Waals surface area contributed by atoms with E-state index < -0.39 is 5.91 Å². The van der Waals surface area contributed by atoms with E-state index in [9.17, 15) is 9.28 Å². The maximum absolute atomic E-state index is 14.7. The Bertz CT molecular complexity index is 939. The standard InChI is InChI=1S/C25H25FN2O.ClH/c26-28(24-14-8-19(9-15-24)17-20-5-4-16-27-18-20)25(29)23-12-10-22(11-13-23)21-6-2-1-3-7-21;/h1-3,6-15,20,27H,4-5,16-18H2;1H. The third-order valence-electron chi connectivity index (χ3n) is 5.50. The van der Waals surface area contributed by atoms with Crippen LogP contribution in [-0.2, 0) is 6.42 Å². The van der Waals surface area contributed by atoms with Crippen LogP contribution in [0.2, 0.25) is 0 Å². The van der Waals surface area contributed by atoms with Crippen molar-refractivity contribution in [3.05, 3.63) is 90.0 Å². The number of anilines is 1.